The predicted molar refractivity (Wildman–Crippen MR) is 323 cm³/mol. The number of hydrogen-bond donors (Lipinski definition) is 2. The number of nitrogens with zero attached hydrogens (tertiary/aromatic N) is 5. The van der Waals surface area contributed by atoms with E-state index in [0.29, 0.717) is 94.5 Å². The van der Waals surface area contributed by atoms with Crippen LogP contribution in [0.4, 0.5) is 0 Å². The third-order valence-electron chi connectivity index (χ3n) is 15.1. The number of carbonyl (C=O) groups excluding carboxylic acids is 4. The quantitative estimate of drug-likeness (QED) is 0.0330. The van der Waals surface area contributed by atoms with E-state index in [1.165, 1.54) is 21.3 Å². The smallest absolute Gasteiger partial charge is 0.329 e. The van der Waals surface area contributed by atoms with Crippen LogP contribution in [0.5, 0.6) is 34.5 Å². The molecule has 0 radical (unpaired) electrons. The second-order valence-electron chi connectivity index (χ2n) is 20.5. The van der Waals surface area contributed by atoms with E-state index in [4.69, 9.17) is 59.2 Å². The van der Waals surface area contributed by atoms with Crippen LogP contribution in [0.25, 0.3) is 5.00 Å². The normalized spacial score (nSPS) is 15.3. The third kappa shape index (κ3) is 15.6. The van der Waals surface area contributed by atoms with Gasteiger partial charge in [0.25, 0.3) is 5.91 Å². The first kappa shape index (κ1) is 63.3. The van der Waals surface area contributed by atoms with Crippen molar-refractivity contribution in [1.82, 2.24) is 30.3 Å². The Labute approximate surface area is 505 Å². The average Bonchev–Trinajstić information content (AvgIpc) is 1.97. The number of benzene rings is 4. The summed E-state index contributed by atoms with van der Waals surface area (Å²) in [6.07, 6.45) is 2.56. The molecule has 0 unspecified atom stereocenters. The van der Waals surface area contributed by atoms with Crippen LogP contribution < -0.4 is 39.1 Å². The monoisotopic (exact) mass is 1210 g/mol. The molecular formula is C63H76ClN7O13S. The minimum absolute atomic E-state index is 0.0571. The maximum atomic E-state index is 14.6. The van der Waals surface area contributed by atoms with Crippen LogP contribution in [-0.4, -0.2) is 143 Å². The highest BCUT2D eigenvalue weighted by atomic mass is 35.5. The molecule has 2 N–H and O–H groups in total. The average molecular weight is 1210 g/mol. The lowest BCUT2D eigenvalue weighted by Gasteiger charge is -2.37. The van der Waals surface area contributed by atoms with Crippen molar-refractivity contribution in [1.29, 1.82) is 0 Å². The summed E-state index contributed by atoms with van der Waals surface area (Å²) >= 11 is 7.91. The molecule has 2 aliphatic heterocycles. The van der Waals surface area contributed by atoms with Gasteiger partial charge in [-0.15, -0.1) is 21.5 Å². The highest BCUT2D eigenvalue weighted by Gasteiger charge is 2.39. The van der Waals surface area contributed by atoms with Crippen molar-refractivity contribution in [2.24, 2.45) is 4.99 Å². The molecule has 4 aromatic carbocycles. The molecule has 1 fully saturated rings. The van der Waals surface area contributed by atoms with Crippen molar-refractivity contribution in [3.63, 3.8) is 0 Å². The summed E-state index contributed by atoms with van der Waals surface area (Å²) in [5.41, 5.74) is 6.04. The molecule has 6 aromatic rings. The molecule has 0 aliphatic carbocycles. The first-order valence-corrected chi connectivity index (χ1v) is 29.7. The summed E-state index contributed by atoms with van der Waals surface area (Å²) in [6, 6.07) is 22.5. The number of hydrogen-bond acceptors (Lipinski definition) is 17. The van der Waals surface area contributed by atoms with Gasteiger partial charge in [-0.1, -0.05) is 48.9 Å². The molecule has 4 atom stereocenters. The van der Waals surface area contributed by atoms with Crippen LogP contribution >= 0.6 is 22.9 Å². The maximum absolute atomic E-state index is 14.6. The summed E-state index contributed by atoms with van der Waals surface area (Å²) < 4.78 is 53.6. The molecule has 85 heavy (non-hydrogen) atoms. The number of halogens is 1. The van der Waals surface area contributed by atoms with Crippen molar-refractivity contribution < 1.29 is 61.8 Å². The number of aryl methyl sites for hydroxylation is 3. The Morgan fingerprint density at radius 2 is 1.45 bits per heavy atom. The largest absolute Gasteiger partial charge is 0.493 e. The summed E-state index contributed by atoms with van der Waals surface area (Å²) in [5, 5.41) is 16.2. The summed E-state index contributed by atoms with van der Waals surface area (Å²) in [5.74, 6) is 2.28. The molecule has 22 heteroatoms. The first-order chi connectivity index (χ1) is 41.2. The zero-order valence-electron chi connectivity index (χ0n) is 49.8. The number of ether oxygens (including phenoxy) is 9. The molecular weight excluding hydrogens is 1130 g/mol. The number of methoxy groups -OCH3 is 5. The van der Waals surface area contributed by atoms with Crippen molar-refractivity contribution in [3.05, 3.63) is 134 Å². The number of fused-ring (bicyclic) bond motifs is 3. The Balaban J connectivity index is 0.806. The second-order valence-corrected chi connectivity index (χ2v) is 22.2. The first-order valence-electron chi connectivity index (χ1n) is 28.5. The number of esters is 1. The van der Waals surface area contributed by atoms with Crippen LogP contribution in [0.15, 0.2) is 83.9 Å². The van der Waals surface area contributed by atoms with Gasteiger partial charge in [0.05, 0.1) is 80.0 Å². The van der Waals surface area contributed by atoms with Gasteiger partial charge in [0.15, 0.2) is 35.4 Å². The summed E-state index contributed by atoms with van der Waals surface area (Å²) in [7, 11) is 7.73. The number of nitrogens with one attached hydrogen (secondary N) is 2. The van der Waals surface area contributed by atoms with Gasteiger partial charge in [0.2, 0.25) is 17.6 Å². The maximum Gasteiger partial charge on any atom is 0.329 e. The van der Waals surface area contributed by atoms with Crippen molar-refractivity contribution in [3.8, 4) is 39.5 Å². The fourth-order valence-electron chi connectivity index (χ4n) is 10.6. The van der Waals surface area contributed by atoms with Crippen molar-refractivity contribution >= 4 is 52.3 Å². The molecule has 0 saturated carbocycles. The minimum Gasteiger partial charge on any atom is -0.493 e. The SMILES string of the molecule is CC[C@H](C(=O)N1CCCC[C@H]1C(=O)O[C@H](CCc1ccc(OC)c(OC)c1)c1cccc(OCC(=O)NCCOCCOCCNC(=O)C[C@@H]2N=C(c3ccc(Cl)cc3)c3c(sc(C)c3C)-n3c(C)nnc32)c1)c1cc(OC)c(OC)c(OC)c1. The van der Waals surface area contributed by atoms with E-state index in [-0.39, 0.29) is 70.3 Å². The lowest BCUT2D eigenvalue weighted by Crippen LogP contribution is -2.50. The summed E-state index contributed by atoms with van der Waals surface area (Å²) in [6.45, 7) is 9.68. The van der Waals surface area contributed by atoms with Crippen LogP contribution in [0, 0.1) is 20.8 Å². The highest BCUT2D eigenvalue weighted by Crippen LogP contribution is 2.43. The number of piperidine rings is 1. The standard InChI is InChI=1S/C63H76ClN7O13S/c1-10-47(44-34-53(78-7)59(80-9)54(35-44)79-8)61(74)70-27-12-11-16-49(70)63(75)84-50(23-17-41-18-24-51(76-5)52(32-41)77-6)43-14-13-15-46(33-43)83-37-56(73)66-26-29-82-31-30-81-28-25-65-55(72)36-48-60-69-68-40(4)71(60)62-57(38(2)39(3)85-62)58(67-48)42-19-21-45(64)22-20-42/h13-15,18-22,24,32-35,47-50H,10-12,16-17,23,25-31,36-37H2,1-9H3,(H,65,72)(H,66,73)/t47-,48-,49-,50+/m0/s1. The van der Waals surface area contributed by atoms with Gasteiger partial charge in [-0.2, -0.15) is 0 Å². The van der Waals surface area contributed by atoms with E-state index in [1.54, 1.807) is 60.8 Å². The predicted octanol–water partition coefficient (Wildman–Crippen LogP) is 9.37. The fourth-order valence-corrected chi connectivity index (χ4v) is 11.9. The molecule has 20 nitrogen and oxygen atoms in total. The molecule has 0 bridgehead atoms. The number of rotatable bonds is 29. The number of aromatic nitrogens is 3. The lowest BCUT2D eigenvalue weighted by molar-refractivity contribution is -0.162. The molecule has 454 valence electrons. The Bertz CT molecular complexity index is 3290. The van der Waals surface area contributed by atoms with Crippen LogP contribution in [0.1, 0.15) is 113 Å². The molecule has 2 aromatic heterocycles. The minimum atomic E-state index is -0.823. The third-order valence-corrected chi connectivity index (χ3v) is 16.5. The van der Waals surface area contributed by atoms with Gasteiger partial charge in [-0.3, -0.25) is 23.9 Å². The van der Waals surface area contributed by atoms with E-state index in [0.717, 1.165) is 50.7 Å². The van der Waals surface area contributed by atoms with Gasteiger partial charge in [0.1, 0.15) is 34.8 Å². The topological polar surface area (TPSA) is 222 Å². The van der Waals surface area contributed by atoms with E-state index in [9.17, 15) is 19.2 Å². The molecule has 2 aliphatic rings. The van der Waals surface area contributed by atoms with Crippen LogP contribution in [0.3, 0.4) is 0 Å². The van der Waals surface area contributed by atoms with Crippen LogP contribution in [0.2, 0.25) is 5.02 Å². The van der Waals surface area contributed by atoms with E-state index in [2.05, 4.69) is 34.7 Å². The number of amides is 3. The van der Waals surface area contributed by atoms with Gasteiger partial charge in [-0.25, -0.2) is 4.79 Å². The van der Waals surface area contributed by atoms with Gasteiger partial charge in [0, 0.05) is 40.7 Å². The number of thiophene rings is 1. The van der Waals surface area contributed by atoms with Gasteiger partial charge < -0.3 is 58.2 Å². The Morgan fingerprint density at radius 3 is 2.12 bits per heavy atom. The van der Waals surface area contributed by atoms with E-state index in [1.807, 2.05) is 66.9 Å². The Hall–Kier alpha value is -7.72. The molecule has 8 rings (SSSR count). The number of likely N-dealkylation sites (tertiary alicyclic amines) is 1. The molecule has 3 amide bonds. The van der Waals surface area contributed by atoms with Crippen molar-refractivity contribution in [2.75, 3.05) is 88.2 Å². The highest BCUT2D eigenvalue weighted by molar-refractivity contribution is 7.15. The fraction of sp³-hybridized carbons (Fsp3) is 0.444. The van der Waals surface area contributed by atoms with Crippen molar-refractivity contribution in [2.45, 2.75) is 96.7 Å². The zero-order valence-corrected chi connectivity index (χ0v) is 51.3. The summed E-state index contributed by atoms with van der Waals surface area (Å²) in [4.78, 5) is 63.4. The van der Waals surface area contributed by atoms with E-state index < -0.39 is 30.1 Å². The van der Waals surface area contributed by atoms with Gasteiger partial charge in [-0.05, 0) is 130 Å². The zero-order chi connectivity index (χ0) is 60.6. The number of aliphatic imine (C=N–C) groups is 1. The van der Waals surface area contributed by atoms with E-state index >= 15 is 0 Å². The molecule has 1 saturated heterocycles. The lowest BCUT2D eigenvalue weighted by atomic mass is 9.91. The second kappa shape index (κ2) is 30.4. The number of carbonyl (C=O) groups is 4. The molecule has 0 spiro atoms. The Kier molecular flexibility index (Phi) is 22.6. The Morgan fingerprint density at radius 1 is 0.753 bits per heavy atom. The molecule has 4 heterocycles. The van der Waals surface area contributed by atoms with Crippen LogP contribution in [-0.2, 0) is 39.8 Å². The van der Waals surface area contributed by atoms with Gasteiger partial charge >= 0.3 is 5.97 Å².